The average molecular weight is 279 g/mol. The molecule has 98 valence electrons. The molecule has 1 aromatic heterocycles. The van der Waals surface area contributed by atoms with E-state index >= 15 is 0 Å². The Labute approximate surface area is 113 Å². The Morgan fingerprint density at radius 2 is 2.26 bits per heavy atom. The number of halogens is 1. The molecule has 0 aliphatic heterocycles. The number of nitrogens with zero attached hydrogens (tertiary/aromatic N) is 2. The average Bonchev–Trinajstić information content (AvgIpc) is 3.04. The molecule has 0 saturated heterocycles. The van der Waals surface area contributed by atoms with E-state index in [2.05, 4.69) is 15.5 Å². The van der Waals surface area contributed by atoms with Gasteiger partial charge in [-0.15, -0.1) is 0 Å². The van der Waals surface area contributed by atoms with Gasteiger partial charge in [-0.1, -0.05) is 22.8 Å². The summed E-state index contributed by atoms with van der Waals surface area (Å²) in [5.74, 6) is -0.214. The molecule has 1 aliphatic rings. The van der Waals surface area contributed by atoms with Gasteiger partial charge in [-0.25, -0.2) is 0 Å². The number of aromatic nitrogens is 2. The number of hydrogen-bond acceptors (Lipinski definition) is 5. The second-order valence-corrected chi connectivity index (χ2v) is 4.78. The molecule has 1 fully saturated rings. The summed E-state index contributed by atoms with van der Waals surface area (Å²) in [7, 11) is 0. The third-order valence-electron chi connectivity index (χ3n) is 2.80. The van der Waals surface area contributed by atoms with E-state index in [1.54, 1.807) is 18.2 Å². The highest BCUT2D eigenvalue weighted by Gasteiger charge is 2.26. The Bertz CT molecular complexity index is 616. The predicted octanol–water partition coefficient (Wildman–Crippen LogP) is 1.86. The fourth-order valence-electron chi connectivity index (χ4n) is 1.66. The number of nitrogens with one attached hydrogen (secondary N) is 1. The van der Waals surface area contributed by atoms with Crippen LogP contribution in [0.4, 0.5) is 5.69 Å². The van der Waals surface area contributed by atoms with E-state index in [0.717, 1.165) is 12.8 Å². The molecule has 1 heterocycles. The first-order chi connectivity index (χ1) is 9.15. The number of carbonyl (C=O) groups is 1. The Kier molecular flexibility index (Phi) is 2.87. The van der Waals surface area contributed by atoms with Gasteiger partial charge in [0.15, 0.2) is 0 Å². The number of carbonyl (C=O) groups excluding carboxylic acids is 1. The van der Waals surface area contributed by atoms with E-state index in [4.69, 9.17) is 21.9 Å². The van der Waals surface area contributed by atoms with E-state index < -0.39 is 0 Å². The van der Waals surface area contributed by atoms with E-state index in [1.165, 1.54) is 0 Å². The smallest absolute Gasteiger partial charge is 0.292 e. The summed E-state index contributed by atoms with van der Waals surface area (Å²) in [6, 6.07) is 5.30. The van der Waals surface area contributed by atoms with Crippen LogP contribution in [0.25, 0.3) is 11.5 Å². The minimum absolute atomic E-state index is 0.0128. The maximum absolute atomic E-state index is 11.7. The molecular formula is C12H11ClN4O2. The molecule has 3 rings (SSSR count). The third-order valence-corrected chi connectivity index (χ3v) is 3.12. The molecule has 0 bridgehead atoms. The first-order valence-electron chi connectivity index (χ1n) is 5.84. The number of nitrogens with two attached hydrogens (primary N) is 1. The van der Waals surface area contributed by atoms with Gasteiger partial charge in [0.1, 0.15) is 0 Å². The lowest BCUT2D eigenvalue weighted by Crippen LogP contribution is -2.26. The van der Waals surface area contributed by atoms with E-state index in [-0.39, 0.29) is 23.7 Å². The molecule has 1 amide bonds. The third kappa shape index (κ3) is 2.39. The van der Waals surface area contributed by atoms with Crippen LogP contribution in [-0.2, 0) is 0 Å². The molecule has 1 aromatic carbocycles. The summed E-state index contributed by atoms with van der Waals surface area (Å²) >= 11 is 6.04. The fraction of sp³-hybridized carbons (Fsp3) is 0.250. The van der Waals surface area contributed by atoms with Crippen LogP contribution in [0, 0.1) is 0 Å². The van der Waals surface area contributed by atoms with Crippen LogP contribution < -0.4 is 11.1 Å². The van der Waals surface area contributed by atoms with E-state index in [0.29, 0.717) is 16.3 Å². The van der Waals surface area contributed by atoms with Gasteiger partial charge in [0.25, 0.3) is 17.6 Å². The minimum atomic E-state index is -0.344. The molecule has 19 heavy (non-hydrogen) atoms. The van der Waals surface area contributed by atoms with Crippen molar-refractivity contribution in [2.75, 3.05) is 5.73 Å². The molecule has 0 radical (unpaired) electrons. The zero-order chi connectivity index (χ0) is 13.4. The molecule has 1 aliphatic carbocycles. The van der Waals surface area contributed by atoms with Crippen LogP contribution in [0.3, 0.4) is 0 Å². The van der Waals surface area contributed by atoms with Gasteiger partial charge in [-0.3, -0.25) is 4.79 Å². The molecule has 0 atom stereocenters. The van der Waals surface area contributed by atoms with Crippen LogP contribution in [0.5, 0.6) is 0 Å². The second-order valence-electron chi connectivity index (χ2n) is 4.37. The summed E-state index contributed by atoms with van der Waals surface area (Å²) in [5, 5.41) is 6.82. The van der Waals surface area contributed by atoms with Crippen molar-refractivity contribution in [2.45, 2.75) is 18.9 Å². The van der Waals surface area contributed by atoms with E-state index in [9.17, 15) is 4.79 Å². The lowest BCUT2D eigenvalue weighted by molar-refractivity contribution is 0.0937. The van der Waals surface area contributed by atoms with Gasteiger partial charge in [-0.2, -0.15) is 4.98 Å². The summed E-state index contributed by atoms with van der Waals surface area (Å²) in [6.07, 6.45) is 1.99. The minimum Gasteiger partial charge on any atom is -0.398 e. The highest BCUT2D eigenvalue weighted by Crippen LogP contribution is 2.31. The number of anilines is 1. The van der Waals surface area contributed by atoms with Crippen LogP contribution >= 0.6 is 11.6 Å². The standard InChI is InChI=1S/C12H11ClN4O2/c13-7-2-1-3-8(14)9(7)12-16-10(17-19-12)11(18)15-6-4-5-6/h1-3,6H,4-5,14H2,(H,15,18). The Hall–Kier alpha value is -2.08. The van der Waals surface area contributed by atoms with Crippen molar-refractivity contribution in [1.82, 2.24) is 15.5 Å². The van der Waals surface area contributed by atoms with Crippen molar-refractivity contribution >= 4 is 23.2 Å². The van der Waals surface area contributed by atoms with Crippen LogP contribution in [0.15, 0.2) is 22.7 Å². The van der Waals surface area contributed by atoms with Crippen LogP contribution in [0.2, 0.25) is 5.02 Å². The van der Waals surface area contributed by atoms with Crippen molar-refractivity contribution < 1.29 is 9.32 Å². The SMILES string of the molecule is Nc1cccc(Cl)c1-c1nc(C(=O)NC2CC2)no1. The van der Waals surface area contributed by atoms with Gasteiger partial charge >= 0.3 is 0 Å². The normalized spacial score (nSPS) is 14.4. The van der Waals surface area contributed by atoms with Crippen molar-refractivity contribution in [2.24, 2.45) is 0 Å². The van der Waals surface area contributed by atoms with E-state index in [1.807, 2.05) is 0 Å². The Morgan fingerprint density at radius 1 is 1.47 bits per heavy atom. The van der Waals surface area contributed by atoms with Crippen LogP contribution in [-0.4, -0.2) is 22.1 Å². The number of hydrogen-bond donors (Lipinski definition) is 2. The highest BCUT2D eigenvalue weighted by molar-refractivity contribution is 6.33. The molecule has 1 saturated carbocycles. The molecular weight excluding hydrogens is 268 g/mol. The quantitative estimate of drug-likeness (QED) is 0.836. The summed E-state index contributed by atoms with van der Waals surface area (Å²) in [4.78, 5) is 15.8. The van der Waals surface area contributed by atoms with Gasteiger partial charge in [0.05, 0.1) is 10.6 Å². The predicted molar refractivity (Wildman–Crippen MR) is 69.6 cm³/mol. The number of amides is 1. The first-order valence-corrected chi connectivity index (χ1v) is 6.22. The molecule has 3 N–H and O–H groups in total. The molecule has 7 heteroatoms. The van der Waals surface area contributed by atoms with Crippen molar-refractivity contribution in [1.29, 1.82) is 0 Å². The number of nitrogen functional groups attached to an aromatic ring is 1. The zero-order valence-electron chi connectivity index (χ0n) is 9.89. The maximum Gasteiger partial charge on any atom is 0.292 e. The van der Waals surface area contributed by atoms with Crippen LogP contribution in [0.1, 0.15) is 23.5 Å². The largest absolute Gasteiger partial charge is 0.398 e. The Balaban J connectivity index is 1.90. The lowest BCUT2D eigenvalue weighted by Gasteiger charge is -2.01. The monoisotopic (exact) mass is 278 g/mol. The zero-order valence-corrected chi connectivity index (χ0v) is 10.6. The fourth-order valence-corrected chi connectivity index (χ4v) is 1.92. The molecule has 2 aromatic rings. The summed E-state index contributed by atoms with van der Waals surface area (Å²) in [5.41, 5.74) is 6.68. The maximum atomic E-state index is 11.7. The first kappa shape index (κ1) is 12.0. The lowest BCUT2D eigenvalue weighted by atomic mass is 10.2. The summed E-state index contributed by atoms with van der Waals surface area (Å²) < 4.78 is 5.05. The molecule has 6 nitrogen and oxygen atoms in total. The van der Waals surface area contributed by atoms with Gasteiger partial charge < -0.3 is 15.6 Å². The van der Waals surface area contributed by atoms with Crippen molar-refractivity contribution in [3.63, 3.8) is 0 Å². The highest BCUT2D eigenvalue weighted by atomic mass is 35.5. The summed E-state index contributed by atoms with van der Waals surface area (Å²) in [6.45, 7) is 0. The number of benzene rings is 1. The Morgan fingerprint density at radius 3 is 2.95 bits per heavy atom. The second kappa shape index (κ2) is 4.55. The van der Waals surface area contributed by atoms with Crippen molar-refractivity contribution in [3.05, 3.63) is 29.0 Å². The molecule has 0 spiro atoms. The topological polar surface area (TPSA) is 94.0 Å². The number of rotatable bonds is 3. The van der Waals surface area contributed by atoms with Crippen molar-refractivity contribution in [3.8, 4) is 11.5 Å². The van der Waals surface area contributed by atoms with Gasteiger partial charge in [-0.05, 0) is 25.0 Å². The molecule has 0 unspecified atom stereocenters. The van der Waals surface area contributed by atoms with Gasteiger partial charge in [0, 0.05) is 11.7 Å². The van der Waals surface area contributed by atoms with Gasteiger partial charge in [0.2, 0.25) is 0 Å².